The molecule has 0 N–H and O–H groups in total. The molecular formula is C9H14O2. The molecule has 0 aliphatic heterocycles. The van der Waals surface area contributed by atoms with Crippen LogP contribution in [0.5, 0.6) is 0 Å². The highest BCUT2D eigenvalue weighted by Crippen LogP contribution is 2.31. The highest BCUT2D eigenvalue weighted by molar-refractivity contribution is 5.75. The van der Waals surface area contributed by atoms with Gasteiger partial charge in [0, 0.05) is 12.3 Å². The summed E-state index contributed by atoms with van der Waals surface area (Å²) in [4.78, 5) is 21.1. The maximum atomic E-state index is 10.7. The first-order valence-electron chi connectivity index (χ1n) is 4.17. The molecule has 0 spiro atoms. The molecule has 0 amide bonds. The van der Waals surface area contributed by atoms with Crippen molar-refractivity contribution in [1.82, 2.24) is 0 Å². The van der Waals surface area contributed by atoms with E-state index in [4.69, 9.17) is 0 Å². The molecule has 1 saturated carbocycles. The summed E-state index contributed by atoms with van der Waals surface area (Å²) in [5, 5.41) is 0. The van der Waals surface area contributed by atoms with Crippen molar-refractivity contribution in [2.75, 3.05) is 0 Å². The van der Waals surface area contributed by atoms with Gasteiger partial charge in [0.1, 0.15) is 12.1 Å². The van der Waals surface area contributed by atoms with Gasteiger partial charge >= 0.3 is 0 Å². The van der Waals surface area contributed by atoms with Crippen molar-refractivity contribution in [3.8, 4) is 0 Å². The van der Waals surface area contributed by atoms with Crippen LogP contribution in [0.15, 0.2) is 0 Å². The summed E-state index contributed by atoms with van der Waals surface area (Å²) in [5.41, 5.74) is 0. The first-order valence-corrected chi connectivity index (χ1v) is 4.17. The maximum Gasteiger partial charge on any atom is 0.130 e. The van der Waals surface area contributed by atoms with Crippen LogP contribution in [-0.2, 0) is 9.59 Å². The fraction of sp³-hybridized carbons (Fsp3) is 0.778. The van der Waals surface area contributed by atoms with E-state index in [9.17, 15) is 9.59 Å². The van der Waals surface area contributed by atoms with Gasteiger partial charge in [0.05, 0.1) is 0 Å². The van der Waals surface area contributed by atoms with Crippen LogP contribution in [0.1, 0.15) is 32.6 Å². The molecule has 2 atom stereocenters. The Morgan fingerprint density at radius 2 is 2.27 bits per heavy atom. The standard InChI is InChI=1S/C9H14O2/c1-7(11)4-8-2-3-9(5-8)6-10/h6,8-9H,2-5H2,1H3/t8-,9?/m0/s1. The number of rotatable bonds is 3. The minimum Gasteiger partial charge on any atom is -0.303 e. The second-order valence-corrected chi connectivity index (χ2v) is 3.48. The van der Waals surface area contributed by atoms with Crippen LogP contribution in [0.2, 0.25) is 0 Å². The minimum atomic E-state index is 0.236. The topological polar surface area (TPSA) is 34.1 Å². The van der Waals surface area contributed by atoms with E-state index >= 15 is 0 Å². The van der Waals surface area contributed by atoms with Crippen LogP contribution >= 0.6 is 0 Å². The highest BCUT2D eigenvalue weighted by atomic mass is 16.1. The van der Waals surface area contributed by atoms with Crippen molar-refractivity contribution in [3.05, 3.63) is 0 Å². The van der Waals surface area contributed by atoms with Gasteiger partial charge in [-0.05, 0) is 32.1 Å². The van der Waals surface area contributed by atoms with Gasteiger partial charge in [0.2, 0.25) is 0 Å². The van der Waals surface area contributed by atoms with Gasteiger partial charge in [-0.3, -0.25) is 0 Å². The first kappa shape index (κ1) is 8.44. The van der Waals surface area contributed by atoms with E-state index < -0.39 is 0 Å². The second-order valence-electron chi connectivity index (χ2n) is 3.48. The smallest absolute Gasteiger partial charge is 0.130 e. The van der Waals surface area contributed by atoms with Gasteiger partial charge < -0.3 is 9.59 Å². The molecule has 0 heterocycles. The summed E-state index contributed by atoms with van der Waals surface area (Å²) in [6.45, 7) is 1.62. The molecular weight excluding hydrogens is 140 g/mol. The van der Waals surface area contributed by atoms with Gasteiger partial charge in [-0.2, -0.15) is 0 Å². The van der Waals surface area contributed by atoms with Crippen molar-refractivity contribution >= 4 is 12.1 Å². The Bertz CT molecular complexity index is 163. The number of carbonyl (C=O) groups excluding carboxylic acids is 2. The van der Waals surface area contributed by atoms with Crippen LogP contribution in [0, 0.1) is 11.8 Å². The van der Waals surface area contributed by atoms with Crippen molar-refractivity contribution in [2.24, 2.45) is 11.8 Å². The van der Waals surface area contributed by atoms with Crippen molar-refractivity contribution in [2.45, 2.75) is 32.6 Å². The Morgan fingerprint density at radius 3 is 2.73 bits per heavy atom. The number of hydrogen-bond donors (Lipinski definition) is 0. The van der Waals surface area contributed by atoms with Gasteiger partial charge in [-0.1, -0.05) is 0 Å². The quantitative estimate of drug-likeness (QED) is 0.578. The number of hydrogen-bond acceptors (Lipinski definition) is 2. The predicted octanol–water partition coefficient (Wildman–Crippen LogP) is 1.58. The van der Waals surface area contributed by atoms with Gasteiger partial charge in [-0.15, -0.1) is 0 Å². The monoisotopic (exact) mass is 154 g/mol. The number of Topliss-reactive ketones (excluding diaryl/α,β-unsaturated/α-hetero) is 1. The third kappa shape index (κ3) is 2.45. The lowest BCUT2D eigenvalue weighted by Crippen LogP contribution is -2.02. The second kappa shape index (κ2) is 3.65. The molecule has 11 heavy (non-hydrogen) atoms. The Hall–Kier alpha value is -0.660. The molecule has 0 saturated heterocycles. The fourth-order valence-corrected chi connectivity index (χ4v) is 1.83. The SMILES string of the molecule is CC(=O)C[C@@H]1CCC(C=O)C1. The minimum absolute atomic E-state index is 0.236. The lowest BCUT2D eigenvalue weighted by atomic mass is 10.0. The zero-order valence-electron chi connectivity index (χ0n) is 6.88. The fourth-order valence-electron chi connectivity index (χ4n) is 1.83. The average molecular weight is 154 g/mol. The van der Waals surface area contributed by atoms with E-state index in [0.717, 1.165) is 25.5 Å². The molecule has 0 aromatic carbocycles. The Labute approximate surface area is 67.0 Å². The molecule has 1 aliphatic rings. The number of carbonyl (C=O) groups is 2. The van der Waals surface area contributed by atoms with Crippen molar-refractivity contribution < 1.29 is 9.59 Å². The van der Waals surface area contributed by atoms with E-state index in [1.54, 1.807) is 6.92 Å². The maximum absolute atomic E-state index is 10.7. The Kier molecular flexibility index (Phi) is 2.80. The number of ketones is 1. The molecule has 0 radical (unpaired) electrons. The summed E-state index contributed by atoms with van der Waals surface area (Å²) in [6, 6.07) is 0. The Balaban J connectivity index is 2.29. The molecule has 0 aromatic rings. The van der Waals surface area contributed by atoms with Crippen LogP contribution < -0.4 is 0 Å². The lowest BCUT2D eigenvalue weighted by molar-refractivity contribution is -0.118. The highest BCUT2D eigenvalue weighted by Gasteiger charge is 2.24. The summed E-state index contributed by atoms with van der Waals surface area (Å²) in [5.74, 6) is 0.976. The number of aldehydes is 1. The average Bonchev–Trinajstić information content (AvgIpc) is 2.34. The van der Waals surface area contributed by atoms with E-state index in [1.807, 2.05) is 0 Å². The van der Waals surface area contributed by atoms with Crippen LogP contribution in [0.4, 0.5) is 0 Å². The normalized spacial score (nSPS) is 30.3. The van der Waals surface area contributed by atoms with Crippen molar-refractivity contribution in [3.63, 3.8) is 0 Å². The van der Waals surface area contributed by atoms with Crippen molar-refractivity contribution in [1.29, 1.82) is 0 Å². The molecule has 2 nitrogen and oxygen atoms in total. The first-order chi connectivity index (χ1) is 5.22. The largest absolute Gasteiger partial charge is 0.303 e. The summed E-state index contributed by atoms with van der Waals surface area (Å²) in [7, 11) is 0. The molecule has 62 valence electrons. The predicted molar refractivity (Wildman–Crippen MR) is 42.2 cm³/mol. The third-order valence-electron chi connectivity index (χ3n) is 2.35. The molecule has 2 heteroatoms. The van der Waals surface area contributed by atoms with Gasteiger partial charge in [0.25, 0.3) is 0 Å². The van der Waals surface area contributed by atoms with E-state index in [-0.39, 0.29) is 11.7 Å². The van der Waals surface area contributed by atoms with Crippen LogP contribution in [-0.4, -0.2) is 12.1 Å². The zero-order chi connectivity index (χ0) is 8.27. The van der Waals surface area contributed by atoms with E-state index in [0.29, 0.717) is 12.3 Å². The van der Waals surface area contributed by atoms with E-state index in [1.165, 1.54) is 0 Å². The summed E-state index contributed by atoms with van der Waals surface area (Å²) in [6.07, 6.45) is 4.68. The lowest BCUT2D eigenvalue weighted by Gasteiger charge is -2.04. The van der Waals surface area contributed by atoms with Gasteiger partial charge in [0.15, 0.2) is 0 Å². The Morgan fingerprint density at radius 1 is 1.55 bits per heavy atom. The molecule has 1 unspecified atom stereocenters. The van der Waals surface area contributed by atoms with Crippen LogP contribution in [0.3, 0.4) is 0 Å². The molecule has 0 bridgehead atoms. The summed E-state index contributed by atoms with van der Waals surface area (Å²) < 4.78 is 0. The molecule has 1 rings (SSSR count). The molecule has 1 aliphatic carbocycles. The zero-order valence-corrected chi connectivity index (χ0v) is 6.88. The van der Waals surface area contributed by atoms with Crippen LogP contribution in [0.25, 0.3) is 0 Å². The summed E-state index contributed by atoms with van der Waals surface area (Å²) >= 11 is 0. The third-order valence-corrected chi connectivity index (χ3v) is 2.35. The molecule has 1 fully saturated rings. The van der Waals surface area contributed by atoms with Gasteiger partial charge in [-0.25, -0.2) is 0 Å². The van der Waals surface area contributed by atoms with E-state index in [2.05, 4.69) is 0 Å². The molecule has 0 aromatic heterocycles.